The Balaban J connectivity index is 0.000000750. The van der Waals surface area contributed by atoms with E-state index in [0.29, 0.717) is 0 Å². The first-order valence-electron chi connectivity index (χ1n) is 5.23. The normalized spacial score (nSPS) is 33.7. The molecule has 0 aromatic rings. The summed E-state index contributed by atoms with van der Waals surface area (Å²) in [7, 11) is 0. The fourth-order valence-corrected chi connectivity index (χ4v) is 2.83. The lowest BCUT2D eigenvalue weighted by molar-refractivity contribution is 0.488. The van der Waals surface area contributed by atoms with Crippen LogP contribution in [0.1, 0.15) is 12.8 Å². The Morgan fingerprint density at radius 2 is 2.14 bits per heavy atom. The molecule has 1 N–H and O–H groups in total. The summed E-state index contributed by atoms with van der Waals surface area (Å²) < 4.78 is 0. The van der Waals surface area contributed by atoms with E-state index in [1.54, 1.807) is 11.1 Å². The van der Waals surface area contributed by atoms with Gasteiger partial charge in [-0.05, 0) is 29.9 Å². The summed E-state index contributed by atoms with van der Waals surface area (Å²) in [6, 6.07) is 0. The average Bonchev–Trinajstić information content (AvgIpc) is 2.65. The van der Waals surface area contributed by atoms with E-state index in [2.05, 4.69) is 29.6 Å². The lowest BCUT2D eigenvalue weighted by Crippen LogP contribution is -2.17. The molecule has 0 bridgehead atoms. The van der Waals surface area contributed by atoms with Crippen LogP contribution in [0.5, 0.6) is 0 Å². The van der Waals surface area contributed by atoms with Gasteiger partial charge in [0.05, 0.1) is 0 Å². The van der Waals surface area contributed by atoms with Gasteiger partial charge >= 0.3 is 0 Å². The highest BCUT2D eigenvalue weighted by molar-refractivity contribution is 5.85. The number of rotatable bonds is 0. The summed E-state index contributed by atoms with van der Waals surface area (Å²) in [5.74, 6) is 1.58. The van der Waals surface area contributed by atoms with Gasteiger partial charge in [0.15, 0.2) is 0 Å². The quantitative estimate of drug-likeness (QED) is 0.647. The number of halogens is 1. The number of hydrogen-bond donors (Lipinski definition) is 1. The van der Waals surface area contributed by atoms with Crippen molar-refractivity contribution >= 4 is 12.4 Å². The van der Waals surface area contributed by atoms with Crippen LogP contribution < -0.4 is 5.32 Å². The third kappa shape index (κ3) is 1.45. The van der Waals surface area contributed by atoms with E-state index in [9.17, 15) is 0 Å². The van der Waals surface area contributed by atoms with Gasteiger partial charge in [-0.15, -0.1) is 12.4 Å². The summed E-state index contributed by atoms with van der Waals surface area (Å²) in [6.07, 6.45) is 11.8. The Bertz CT molecular complexity index is 314. The molecule has 1 fully saturated rings. The first-order chi connectivity index (χ1) is 6.45. The number of nitrogens with one attached hydrogen (secondary N) is 1. The van der Waals surface area contributed by atoms with Crippen molar-refractivity contribution in [3.05, 3.63) is 35.5 Å². The molecule has 3 aliphatic rings. The smallest absolute Gasteiger partial charge is 0.0174 e. The Hall–Kier alpha value is -0.530. The van der Waals surface area contributed by atoms with Crippen LogP contribution >= 0.6 is 12.4 Å². The third-order valence-corrected chi connectivity index (χ3v) is 3.53. The van der Waals surface area contributed by atoms with E-state index in [4.69, 9.17) is 0 Å². The van der Waals surface area contributed by atoms with Gasteiger partial charge in [0.1, 0.15) is 0 Å². The average molecular weight is 210 g/mol. The standard InChI is InChI=1S/C12H15N.ClH/c1-2-4-11-9(3-1)5-6-10-7-13-8-12(10)11;/h1-4,9-10,13H,5-8H2;1H. The molecule has 2 heteroatoms. The molecule has 3 rings (SSSR count). The molecule has 1 nitrogen and oxygen atoms in total. The van der Waals surface area contributed by atoms with Crippen LogP contribution in [0.15, 0.2) is 35.5 Å². The molecule has 0 saturated carbocycles. The van der Waals surface area contributed by atoms with Gasteiger partial charge in [-0.2, -0.15) is 0 Å². The van der Waals surface area contributed by atoms with Crippen molar-refractivity contribution in [3.63, 3.8) is 0 Å². The van der Waals surface area contributed by atoms with Crippen molar-refractivity contribution in [2.45, 2.75) is 12.8 Å². The molecular formula is C12H16ClN. The van der Waals surface area contributed by atoms with Gasteiger partial charge < -0.3 is 5.32 Å². The van der Waals surface area contributed by atoms with Gasteiger partial charge in [0.2, 0.25) is 0 Å². The Labute approximate surface area is 91.4 Å². The van der Waals surface area contributed by atoms with Crippen molar-refractivity contribution in [3.8, 4) is 0 Å². The first-order valence-corrected chi connectivity index (χ1v) is 5.23. The predicted molar refractivity (Wildman–Crippen MR) is 61.6 cm³/mol. The number of hydrogen-bond acceptors (Lipinski definition) is 1. The van der Waals surface area contributed by atoms with Crippen molar-refractivity contribution < 1.29 is 0 Å². The molecule has 1 saturated heterocycles. The first kappa shape index (κ1) is 10.0. The van der Waals surface area contributed by atoms with Crippen LogP contribution in [0, 0.1) is 11.8 Å². The lowest BCUT2D eigenvalue weighted by Gasteiger charge is -2.28. The minimum atomic E-state index is 0. The molecule has 2 unspecified atom stereocenters. The number of fused-ring (bicyclic) bond motifs is 2. The molecule has 0 aromatic heterocycles. The van der Waals surface area contributed by atoms with E-state index >= 15 is 0 Å². The zero-order chi connectivity index (χ0) is 8.67. The minimum Gasteiger partial charge on any atom is -0.312 e. The highest BCUT2D eigenvalue weighted by Crippen LogP contribution is 2.38. The van der Waals surface area contributed by atoms with Gasteiger partial charge in [-0.3, -0.25) is 0 Å². The van der Waals surface area contributed by atoms with E-state index in [1.807, 2.05) is 0 Å². The number of allylic oxidation sites excluding steroid dienone is 5. The van der Waals surface area contributed by atoms with E-state index in [-0.39, 0.29) is 12.4 Å². The van der Waals surface area contributed by atoms with Gasteiger partial charge in [0, 0.05) is 19.0 Å². The van der Waals surface area contributed by atoms with Crippen LogP contribution in [-0.2, 0) is 0 Å². The zero-order valence-corrected chi connectivity index (χ0v) is 9.02. The fraction of sp³-hybridized carbons (Fsp3) is 0.500. The molecule has 1 aliphatic heterocycles. The SMILES string of the molecule is C1=CC2=C3CNCC3CCC2C=C1.Cl. The summed E-state index contributed by atoms with van der Waals surface area (Å²) >= 11 is 0. The molecule has 76 valence electrons. The largest absolute Gasteiger partial charge is 0.312 e. The minimum absolute atomic E-state index is 0. The highest BCUT2D eigenvalue weighted by Gasteiger charge is 2.30. The van der Waals surface area contributed by atoms with Crippen LogP contribution in [0.4, 0.5) is 0 Å². The third-order valence-electron chi connectivity index (χ3n) is 3.53. The summed E-state index contributed by atoms with van der Waals surface area (Å²) in [5, 5.41) is 3.48. The van der Waals surface area contributed by atoms with Crippen LogP contribution in [0.3, 0.4) is 0 Å². The monoisotopic (exact) mass is 209 g/mol. The maximum absolute atomic E-state index is 3.48. The van der Waals surface area contributed by atoms with Crippen LogP contribution in [0.25, 0.3) is 0 Å². The molecule has 1 heterocycles. The van der Waals surface area contributed by atoms with Gasteiger partial charge in [-0.1, -0.05) is 24.3 Å². The predicted octanol–water partition coefficient (Wildman–Crippen LogP) is 2.46. The van der Waals surface area contributed by atoms with Crippen LogP contribution in [0.2, 0.25) is 0 Å². The molecule has 0 radical (unpaired) electrons. The topological polar surface area (TPSA) is 12.0 Å². The molecule has 2 atom stereocenters. The molecule has 2 aliphatic carbocycles. The molecular weight excluding hydrogens is 194 g/mol. The second-order valence-electron chi connectivity index (χ2n) is 4.24. The van der Waals surface area contributed by atoms with Crippen molar-refractivity contribution in [1.82, 2.24) is 5.32 Å². The summed E-state index contributed by atoms with van der Waals surface area (Å²) in [5.41, 5.74) is 3.31. The fourth-order valence-electron chi connectivity index (χ4n) is 2.83. The molecule has 0 amide bonds. The van der Waals surface area contributed by atoms with Crippen molar-refractivity contribution in [2.24, 2.45) is 11.8 Å². The second-order valence-corrected chi connectivity index (χ2v) is 4.24. The Morgan fingerprint density at radius 1 is 1.21 bits per heavy atom. The van der Waals surface area contributed by atoms with E-state index in [0.717, 1.165) is 18.4 Å². The van der Waals surface area contributed by atoms with Crippen molar-refractivity contribution in [1.29, 1.82) is 0 Å². The van der Waals surface area contributed by atoms with Crippen molar-refractivity contribution in [2.75, 3.05) is 13.1 Å². The molecule has 0 aromatic carbocycles. The maximum atomic E-state index is 3.48. The summed E-state index contributed by atoms with van der Waals surface area (Å²) in [4.78, 5) is 0. The Morgan fingerprint density at radius 3 is 3.07 bits per heavy atom. The van der Waals surface area contributed by atoms with Gasteiger partial charge in [0.25, 0.3) is 0 Å². The zero-order valence-electron chi connectivity index (χ0n) is 8.20. The maximum Gasteiger partial charge on any atom is 0.0174 e. The summed E-state index contributed by atoms with van der Waals surface area (Å²) in [6.45, 7) is 2.35. The van der Waals surface area contributed by atoms with Crippen LogP contribution in [-0.4, -0.2) is 13.1 Å². The lowest BCUT2D eigenvalue weighted by atomic mass is 9.76. The van der Waals surface area contributed by atoms with Gasteiger partial charge in [-0.25, -0.2) is 0 Å². The van der Waals surface area contributed by atoms with E-state index < -0.39 is 0 Å². The second kappa shape index (κ2) is 3.92. The molecule has 14 heavy (non-hydrogen) atoms. The Kier molecular flexibility index (Phi) is 2.80. The highest BCUT2D eigenvalue weighted by atomic mass is 35.5. The van der Waals surface area contributed by atoms with E-state index in [1.165, 1.54) is 19.4 Å². The molecule has 0 spiro atoms.